The topological polar surface area (TPSA) is 139 Å². The summed E-state index contributed by atoms with van der Waals surface area (Å²) in [5, 5.41) is 4.91. The van der Waals surface area contributed by atoms with Gasteiger partial charge in [-0.15, -0.1) is 0 Å². The molecular weight excluding hydrogens is 501 g/mol. The number of rotatable bonds is 6. The van der Waals surface area contributed by atoms with Crippen LogP contribution in [0.4, 0.5) is 21.0 Å². The van der Waals surface area contributed by atoms with E-state index in [2.05, 4.69) is 30.5 Å². The highest BCUT2D eigenvalue weighted by atomic mass is 32.2. The van der Waals surface area contributed by atoms with Crippen molar-refractivity contribution in [2.75, 3.05) is 37.0 Å². The van der Waals surface area contributed by atoms with Crippen LogP contribution in [0.1, 0.15) is 25.5 Å². The van der Waals surface area contributed by atoms with E-state index in [0.717, 1.165) is 12.1 Å². The Hall–Kier alpha value is -3.71. The fourth-order valence-corrected chi connectivity index (χ4v) is 6.26. The lowest BCUT2D eigenvalue weighted by Gasteiger charge is -2.34. The quantitative estimate of drug-likeness (QED) is 0.463. The van der Waals surface area contributed by atoms with E-state index in [0.29, 0.717) is 49.7 Å². The molecule has 0 spiro atoms. The van der Waals surface area contributed by atoms with Crippen molar-refractivity contribution in [3.63, 3.8) is 0 Å². The molecule has 1 aliphatic carbocycles. The summed E-state index contributed by atoms with van der Waals surface area (Å²) in [6.07, 6.45) is 3.70. The van der Waals surface area contributed by atoms with E-state index in [9.17, 15) is 17.6 Å². The van der Waals surface area contributed by atoms with Gasteiger partial charge in [-0.1, -0.05) is 0 Å². The summed E-state index contributed by atoms with van der Waals surface area (Å²) in [6, 6.07) is 6.12. The fraction of sp³-hybridized carbons (Fsp3) is 0.375. The lowest BCUT2D eigenvalue weighted by atomic mass is 10.2. The van der Waals surface area contributed by atoms with Crippen molar-refractivity contribution < 1.29 is 22.3 Å². The Kier molecular flexibility index (Phi) is 6.50. The van der Waals surface area contributed by atoms with Gasteiger partial charge in [0.2, 0.25) is 5.95 Å². The molecule has 11 nitrogen and oxygen atoms in total. The van der Waals surface area contributed by atoms with Crippen molar-refractivity contribution in [3.05, 3.63) is 54.2 Å². The molecule has 37 heavy (non-hydrogen) atoms. The average Bonchev–Trinajstić information content (AvgIpc) is 3.72. The molecule has 1 saturated heterocycles. The second-order valence-electron chi connectivity index (χ2n) is 9.00. The van der Waals surface area contributed by atoms with Crippen LogP contribution in [0.2, 0.25) is 0 Å². The minimum Gasteiger partial charge on any atom is -0.377 e. The van der Waals surface area contributed by atoms with Crippen LogP contribution < -0.4 is 15.5 Å². The Labute approximate surface area is 213 Å². The third-order valence-corrected chi connectivity index (χ3v) is 9.09. The number of nitrogens with one attached hydrogen (secondary N) is 2. The highest BCUT2D eigenvalue weighted by Crippen LogP contribution is 2.55. The molecule has 1 atom stereocenters. The number of carbonyl (C=O) groups excluding carboxylic acids is 1. The van der Waals surface area contributed by atoms with Gasteiger partial charge in [0.25, 0.3) is 0 Å². The third-order valence-electron chi connectivity index (χ3n) is 6.55. The molecule has 1 aromatic carbocycles. The number of morpholine rings is 1. The van der Waals surface area contributed by atoms with Gasteiger partial charge in [0, 0.05) is 32.1 Å². The number of carbonyl (C=O) groups is 1. The number of hydrogen-bond acceptors (Lipinski definition) is 9. The van der Waals surface area contributed by atoms with Crippen LogP contribution in [0.5, 0.6) is 0 Å². The Balaban J connectivity index is 1.59. The highest BCUT2D eigenvalue weighted by Gasteiger charge is 2.58. The van der Waals surface area contributed by atoms with Gasteiger partial charge < -0.3 is 15.0 Å². The Bertz CT molecular complexity index is 1410. The first-order valence-electron chi connectivity index (χ1n) is 11.8. The molecule has 5 rings (SSSR count). The van der Waals surface area contributed by atoms with E-state index >= 15 is 0 Å². The maximum Gasteiger partial charge on any atom is 0.321 e. The molecule has 1 aliphatic heterocycles. The number of hydrogen-bond donors (Lipinski definition) is 2. The Morgan fingerprint density at radius 2 is 1.86 bits per heavy atom. The number of anilines is 2. The zero-order valence-electron chi connectivity index (χ0n) is 20.3. The standard InChI is InChI=1S/C24H26FN7O4S/c1-15-14-36-10-9-32(15)20-11-19(24(7-8-24)37(34,35)18-5-3-17(25)4-6-18)29-21(30-20)16-12-27-22(28-13-16)31-23(33)26-2/h3-6,11-13,15H,7-10,14H2,1-2H3,(H2,26,27,28,31,33)/t15-/m0/s1. The largest absolute Gasteiger partial charge is 0.377 e. The van der Waals surface area contributed by atoms with Crippen molar-refractivity contribution in [1.82, 2.24) is 25.3 Å². The maximum atomic E-state index is 13.7. The van der Waals surface area contributed by atoms with E-state index in [4.69, 9.17) is 9.72 Å². The van der Waals surface area contributed by atoms with E-state index in [1.807, 2.05) is 6.92 Å². The zero-order valence-corrected chi connectivity index (χ0v) is 21.1. The normalized spacial score (nSPS) is 18.8. The van der Waals surface area contributed by atoms with Gasteiger partial charge in [-0.05, 0) is 44.0 Å². The van der Waals surface area contributed by atoms with Crippen LogP contribution in [0, 0.1) is 5.82 Å². The Morgan fingerprint density at radius 3 is 2.49 bits per heavy atom. The minimum absolute atomic E-state index is 0.0172. The summed E-state index contributed by atoms with van der Waals surface area (Å²) in [4.78, 5) is 31.4. The number of ether oxygens (including phenoxy) is 1. The summed E-state index contributed by atoms with van der Waals surface area (Å²) < 4.78 is 45.2. The lowest BCUT2D eigenvalue weighted by Crippen LogP contribution is -2.44. The zero-order chi connectivity index (χ0) is 26.2. The van der Waals surface area contributed by atoms with Gasteiger partial charge in [-0.2, -0.15) is 0 Å². The molecule has 0 unspecified atom stereocenters. The first-order chi connectivity index (χ1) is 17.7. The van der Waals surface area contributed by atoms with Gasteiger partial charge in [0.05, 0.1) is 35.4 Å². The molecule has 2 N–H and O–H groups in total. The number of nitrogens with zero attached hydrogens (tertiary/aromatic N) is 5. The number of benzene rings is 1. The highest BCUT2D eigenvalue weighted by molar-refractivity contribution is 7.92. The fourth-order valence-electron chi connectivity index (χ4n) is 4.30. The molecule has 3 aromatic rings. The molecule has 194 valence electrons. The van der Waals surface area contributed by atoms with Crippen LogP contribution in [-0.4, -0.2) is 67.2 Å². The number of sulfone groups is 1. The first-order valence-corrected chi connectivity index (χ1v) is 13.3. The molecule has 1 saturated carbocycles. The molecular formula is C24H26FN7O4S. The van der Waals surface area contributed by atoms with Crippen LogP contribution >= 0.6 is 0 Å². The van der Waals surface area contributed by atoms with Crippen molar-refractivity contribution >= 4 is 27.6 Å². The van der Waals surface area contributed by atoms with E-state index in [1.54, 1.807) is 6.07 Å². The van der Waals surface area contributed by atoms with Crippen molar-refractivity contribution in [3.8, 4) is 11.4 Å². The minimum atomic E-state index is -3.87. The van der Waals surface area contributed by atoms with E-state index < -0.39 is 26.4 Å². The second kappa shape index (κ2) is 9.63. The Morgan fingerprint density at radius 1 is 1.16 bits per heavy atom. The van der Waals surface area contributed by atoms with Crippen LogP contribution in [0.25, 0.3) is 11.4 Å². The number of aromatic nitrogens is 4. The predicted octanol–water partition coefficient (Wildman–Crippen LogP) is 2.51. The SMILES string of the molecule is CNC(=O)Nc1ncc(-c2nc(N3CCOC[C@@H]3C)cc(C3(S(=O)(=O)c4ccc(F)cc4)CC3)n2)cn1. The summed E-state index contributed by atoms with van der Waals surface area (Å²) in [5.74, 6) is 0.423. The first kappa shape index (κ1) is 25.0. The maximum absolute atomic E-state index is 13.7. The lowest BCUT2D eigenvalue weighted by molar-refractivity contribution is 0.0985. The predicted molar refractivity (Wildman–Crippen MR) is 133 cm³/mol. The van der Waals surface area contributed by atoms with Crippen molar-refractivity contribution in [2.45, 2.75) is 35.4 Å². The summed E-state index contributed by atoms with van der Waals surface area (Å²) in [5.41, 5.74) is 0.824. The molecule has 2 aromatic heterocycles. The van der Waals surface area contributed by atoms with Crippen LogP contribution in [0.15, 0.2) is 47.6 Å². The van der Waals surface area contributed by atoms with Crippen molar-refractivity contribution in [2.24, 2.45) is 0 Å². The van der Waals surface area contributed by atoms with Crippen molar-refractivity contribution in [1.29, 1.82) is 0 Å². The molecule has 2 amide bonds. The van der Waals surface area contributed by atoms with E-state index in [1.165, 1.54) is 31.6 Å². The average molecular weight is 528 g/mol. The second-order valence-corrected chi connectivity index (χ2v) is 11.3. The monoisotopic (exact) mass is 527 g/mol. The van der Waals surface area contributed by atoms with Gasteiger partial charge >= 0.3 is 6.03 Å². The summed E-state index contributed by atoms with van der Waals surface area (Å²) in [6.45, 7) is 3.61. The van der Waals surface area contributed by atoms with Crippen LogP contribution in [0.3, 0.4) is 0 Å². The summed E-state index contributed by atoms with van der Waals surface area (Å²) in [7, 11) is -2.39. The van der Waals surface area contributed by atoms with Gasteiger partial charge in [0.1, 0.15) is 16.4 Å². The van der Waals surface area contributed by atoms with Gasteiger partial charge in [-0.3, -0.25) is 5.32 Å². The van der Waals surface area contributed by atoms with E-state index in [-0.39, 0.29) is 22.7 Å². The molecule has 2 aliphatic rings. The smallest absolute Gasteiger partial charge is 0.321 e. The van der Waals surface area contributed by atoms with Crippen LogP contribution in [-0.2, 0) is 19.3 Å². The van der Waals surface area contributed by atoms with Gasteiger partial charge in [0.15, 0.2) is 15.7 Å². The molecule has 13 heteroatoms. The number of urea groups is 1. The molecule has 0 bridgehead atoms. The summed E-state index contributed by atoms with van der Waals surface area (Å²) >= 11 is 0. The number of halogens is 1. The van der Waals surface area contributed by atoms with Gasteiger partial charge in [-0.25, -0.2) is 37.5 Å². The third kappa shape index (κ3) is 4.71. The number of amides is 2. The molecule has 3 heterocycles. The molecule has 0 radical (unpaired) electrons. The molecule has 2 fully saturated rings.